The zero-order chi connectivity index (χ0) is 22.3. The fourth-order valence-corrected chi connectivity index (χ4v) is 6.42. The van der Waals surface area contributed by atoms with E-state index in [1.54, 1.807) is 6.08 Å². The summed E-state index contributed by atoms with van der Waals surface area (Å²) in [6, 6.07) is 0. The molecule has 0 amide bonds. The van der Waals surface area contributed by atoms with Crippen molar-refractivity contribution in [3.05, 3.63) is 11.6 Å². The molecule has 0 aromatic rings. The Bertz CT molecular complexity index is 755. The molecule has 0 aromatic carbocycles. The largest absolute Gasteiger partial charge is 0.462 e. The summed E-state index contributed by atoms with van der Waals surface area (Å²) in [7, 11) is 0. The van der Waals surface area contributed by atoms with Crippen LogP contribution in [-0.2, 0) is 28.6 Å². The summed E-state index contributed by atoms with van der Waals surface area (Å²) in [5.74, 6) is 0.552. The predicted octanol–water partition coefficient (Wildman–Crippen LogP) is 4.21. The Morgan fingerprint density at radius 1 is 0.935 bits per heavy atom. The number of carbonyl (C=O) groups excluding carboxylic acids is 3. The predicted molar refractivity (Wildman–Crippen MR) is 114 cm³/mol. The van der Waals surface area contributed by atoms with Crippen LogP contribution in [0.3, 0.4) is 0 Å². The van der Waals surface area contributed by atoms with E-state index in [2.05, 4.69) is 13.8 Å². The lowest BCUT2D eigenvalue weighted by Crippen LogP contribution is -2.33. The number of esters is 3. The first-order valence-corrected chi connectivity index (χ1v) is 12.1. The van der Waals surface area contributed by atoms with E-state index in [9.17, 15) is 14.4 Å². The Morgan fingerprint density at radius 3 is 2.42 bits per heavy atom. The number of cyclic esters (lactones) is 3. The highest BCUT2D eigenvalue weighted by atomic mass is 16.6. The summed E-state index contributed by atoms with van der Waals surface area (Å²) in [6.45, 7) is 8.33. The minimum Gasteiger partial charge on any atom is -0.462 e. The second kappa shape index (κ2) is 8.95. The number of ether oxygens (including phenoxy) is 3. The van der Waals surface area contributed by atoms with Crippen molar-refractivity contribution in [1.82, 2.24) is 0 Å². The van der Waals surface area contributed by atoms with Crippen molar-refractivity contribution in [2.24, 2.45) is 35.5 Å². The smallest absolute Gasteiger partial charge is 0.331 e. The van der Waals surface area contributed by atoms with Gasteiger partial charge in [0.2, 0.25) is 0 Å². The molecule has 0 bridgehead atoms. The molecule has 1 aliphatic carbocycles. The molecule has 4 aliphatic rings. The first kappa shape index (κ1) is 22.3. The summed E-state index contributed by atoms with van der Waals surface area (Å²) < 4.78 is 17.0. The maximum Gasteiger partial charge on any atom is 0.331 e. The fourth-order valence-electron chi connectivity index (χ4n) is 6.42. The maximum atomic E-state index is 12.3. The van der Waals surface area contributed by atoms with E-state index >= 15 is 0 Å². The minimum atomic E-state index is -0.278. The molecule has 3 fully saturated rings. The molecular formula is C25H36O6. The van der Waals surface area contributed by atoms with E-state index in [1.165, 1.54) is 6.42 Å². The summed E-state index contributed by atoms with van der Waals surface area (Å²) >= 11 is 0. The molecule has 3 aliphatic heterocycles. The summed E-state index contributed by atoms with van der Waals surface area (Å²) in [5, 5.41) is 0. The molecule has 2 saturated heterocycles. The van der Waals surface area contributed by atoms with Crippen molar-refractivity contribution in [2.75, 3.05) is 0 Å². The van der Waals surface area contributed by atoms with Gasteiger partial charge in [0.15, 0.2) is 0 Å². The van der Waals surface area contributed by atoms with Crippen molar-refractivity contribution >= 4 is 17.9 Å². The van der Waals surface area contributed by atoms with Crippen LogP contribution in [0.2, 0.25) is 0 Å². The molecule has 0 N–H and O–H groups in total. The first-order chi connectivity index (χ1) is 14.7. The Balaban J connectivity index is 1.41. The lowest BCUT2D eigenvalue weighted by atomic mass is 9.73. The molecule has 31 heavy (non-hydrogen) atoms. The highest BCUT2D eigenvalue weighted by molar-refractivity contribution is 5.86. The zero-order valence-corrected chi connectivity index (χ0v) is 19.2. The third-order valence-corrected chi connectivity index (χ3v) is 7.83. The second-order valence-corrected chi connectivity index (χ2v) is 10.6. The van der Waals surface area contributed by atoms with E-state index in [4.69, 9.17) is 14.2 Å². The standard InChI is InChI=1S/C25H36O6/c1-13(2)22-16(11-20(26)29-22)9-14(3)23-17(12-21(27)30-23)10-15(4)24-18-7-5-6-8-19(18)25(28)31-24/h11,13-15,17-19,22-24H,5-10,12H2,1-4H3. The van der Waals surface area contributed by atoms with Gasteiger partial charge in [-0.25, -0.2) is 4.79 Å². The second-order valence-electron chi connectivity index (χ2n) is 10.6. The highest BCUT2D eigenvalue weighted by Gasteiger charge is 2.49. The van der Waals surface area contributed by atoms with Gasteiger partial charge in [0.05, 0.1) is 12.3 Å². The van der Waals surface area contributed by atoms with Gasteiger partial charge in [0, 0.05) is 17.9 Å². The van der Waals surface area contributed by atoms with Gasteiger partial charge in [-0.05, 0) is 49.0 Å². The van der Waals surface area contributed by atoms with Gasteiger partial charge in [-0.2, -0.15) is 0 Å². The Hall–Kier alpha value is -1.85. The van der Waals surface area contributed by atoms with Crippen LogP contribution in [0.25, 0.3) is 0 Å². The quantitative estimate of drug-likeness (QED) is 0.443. The molecule has 6 nitrogen and oxygen atoms in total. The lowest BCUT2D eigenvalue weighted by molar-refractivity contribution is -0.146. The average Bonchev–Trinajstić information content (AvgIpc) is 3.37. The van der Waals surface area contributed by atoms with Gasteiger partial charge < -0.3 is 14.2 Å². The van der Waals surface area contributed by atoms with Gasteiger partial charge in [-0.3, -0.25) is 9.59 Å². The molecule has 8 atom stereocenters. The van der Waals surface area contributed by atoms with Crippen LogP contribution in [0, 0.1) is 35.5 Å². The normalized spacial score (nSPS) is 37.2. The van der Waals surface area contributed by atoms with E-state index in [0.29, 0.717) is 18.8 Å². The average molecular weight is 433 g/mol. The minimum absolute atomic E-state index is 0.0252. The van der Waals surface area contributed by atoms with E-state index in [1.807, 2.05) is 13.8 Å². The molecule has 0 spiro atoms. The van der Waals surface area contributed by atoms with Crippen LogP contribution < -0.4 is 0 Å². The monoisotopic (exact) mass is 432 g/mol. The molecule has 0 aromatic heterocycles. The molecule has 8 unspecified atom stereocenters. The number of carbonyl (C=O) groups is 3. The van der Waals surface area contributed by atoms with Crippen LogP contribution in [0.5, 0.6) is 0 Å². The van der Waals surface area contributed by atoms with Crippen LogP contribution in [0.1, 0.15) is 72.6 Å². The molecule has 172 valence electrons. The maximum absolute atomic E-state index is 12.3. The summed E-state index contributed by atoms with van der Waals surface area (Å²) in [4.78, 5) is 36.4. The van der Waals surface area contributed by atoms with Crippen molar-refractivity contribution in [3.63, 3.8) is 0 Å². The van der Waals surface area contributed by atoms with Crippen LogP contribution >= 0.6 is 0 Å². The fraction of sp³-hybridized carbons (Fsp3) is 0.800. The van der Waals surface area contributed by atoms with Crippen molar-refractivity contribution < 1.29 is 28.6 Å². The zero-order valence-electron chi connectivity index (χ0n) is 19.2. The SMILES string of the molecule is CC(C)C1OC(=O)C=C1CC(C)C1OC(=O)CC1CC(C)C1OC(=O)C2CCCCC21. The number of rotatable bonds is 7. The molecule has 6 heteroatoms. The topological polar surface area (TPSA) is 78.9 Å². The van der Waals surface area contributed by atoms with Crippen LogP contribution in [0.4, 0.5) is 0 Å². The number of hydrogen-bond acceptors (Lipinski definition) is 6. The molecular weight excluding hydrogens is 396 g/mol. The van der Waals surface area contributed by atoms with Crippen molar-refractivity contribution in [3.8, 4) is 0 Å². The highest BCUT2D eigenvalue weighted by Crippen LogP contribution is 2.45. The van der Waals surface area contributed by atoms with E-state index < -0.39 is 0 Å². The van der Waals surface area contributed by atoms with E-state index in [-0.39, 0.29) is 65.8 Å². The van der Waals surface area contributed by atoms with Crippen LogP contribution in [0.15, 0.2) is 11.6 Å². The number of hydrogen-bond donors (Lipinski definition) is 0. The van der Waals surface area contributed by atoms with Crippen molar-refractivity contribution in [1.29, 1.82) is 0 Å². The lowest BCUT2D eigenvalue weighted by Gasteiger charge is -2.32. The summed E-state index contributed by atoms with van der Waals surface area (Å²) in [5.41, 5.74) is 0.997. The van der Waals surface area contributed by atoms with Crippen LogP contribution in [-0.4, -0.2) is 36.2 Å². The van der Waals surface area contributed by atoms with Gasteiger partial charge in [0.1, 0.15) is 18.3 Å². The van der Waals surface area contributed by atoms with Gasteiger partial charge >= 0.3 is 17.9 Å². The first-order valence-electron chi connectivity index (χ1n) is 12.1. The van der Waals surface area contributed by atoms with Gasteiger partial charge in [-0.15, -0.1) is 0 Å². The molecule has 1 saturated carbocycles. The van der Waals surface area contributed by atoms with Gasteiger partial charge in [-0.1, -0.05) is 40.5 Å². The summed E-state index contributed by atoms with van der Waals surface area (Å²) in [6.07, 6.45) is 7.38. The van der Waals surface area contributed by atoms with Crippen molar-refractivity contribution in [2.45, 2.75) is 91.0 Å². The third kappa shape index (κ3) is 4.54. The molecule has 3 heterocycles. The molecule has 0 radical (unpaired) electrons. The van der Waals surface area contributed by atoms with E-state index in [0.717, 1.165) is 31.3 Å². The Labute approximate surface area is 185 Å². The Morgan fingerprint density at radius 2 is 1.68 bits per heavy atom. The van der Waals surface area contributed by atoms with Gasteiger partial charge in [0.25, 0.3) is 0 Å². The number of fused-ring (bicyclic) bond motifs is 1. The molecule has 4 rings (SSSR count). The Kier molecular flexibility index (Phi) is 6.45. The third-order valence-electron chi connectivity index (χ3n) is 7.83.